The van der Waals surface area contributed by atoms with E-state index in [1.807, 2.05) is 6.92 Å². The lowest BCUT2D eigenvalue weighted by Crippen LogP contribution is -2.56. The molecule has 0 aromatic heterocycles. The van der Waals surface area contributed by atoms with E-state index in [4.69, 9.17) is 4.74 Å². The Hall–Kier alpha value is -1.91. The van der Waals surface area contributed by atoms with E-state index in [0.29, 0.717) is 29.7 Å². The van der Waals surface area contributed by atoms with Crippen molar-refractivity contribution in [2.45, 2.75) is 98.0 Å². The zero-order chi connectivity index (χ0) is 25.4. The van der Waals surface area contributed by atoms with Crippen LogP contribution in [0, 0.1) is 45.3 Å². The van der Waals surface area contributed by atoms with Crippen molar-refractivity contribution in [3.63, 3.8) is 0 Å². The largest absolute Gasteiger partial charge is 0.481 e. The van der Waals surface area contributed by atoms with Crippen molar-refractivity contribution < 1.29 is 24.2 Å². The van der Waals surface area contributed by atoms with Gasteiger partial charge in [0.25, 0.3) is 0 Å². The number of carboxylic acid groups (broad SMARTS) is 1. The first-order chi connectivity index (χ1) is 16.5. The van der Waals surface area contributed by atoms with E-state index in [1.54, 1.807) is 0 Å². The molecule has 9 atom stereocenters. The van der Waals surface area contributed by atoms with E-state index >= 15 is 0 Å². The summed E-state index contributed by atoms with van der Waals surface area (Å²) >= 11 is 0. The number of hydrogen-bond acceptors (Lipinski definition) is 4. The first-order valence-corrected chi connectivity index (χ1v) is 13.7. The van der Waals surface area contributed by atoms with Crippen LogP contribution in [0.4, 0.5) is 0 Å². The van der Waals surface area contributed by atoms with Gasteiger partial charge in [-0.15, -0.1) is 0 Å². The highest BCUT2D eigenvalue weighted by Crippen LogP contribution is 2.88. The molecule has 1 N–H and O–H groups in total. The molecule has 5 rings (SSSR count). The fourth-order valence-electron chi connectivity index (χ4n) is 10.3. The maximum absolute atomic E-state index is 12.6. The summed E-state index contributed by atoms with van der Waals surface area (Å²) in [7, 11) is 0. The Morgan fingerprint density at radius 2 is 2.00 bits per heavy atom. The monoisotopic (exact) mass is 482 g/mol. The van der Waals surface area contributed by atoms with E-state index < -0.39 is 5.97 Å². The fourth-order valence-corrected chi connectivity index (χ4v) is 10.3. The first kappa shape index (κ1) is 24.8. The van der Waals surface area contributed by atoms with Gasteiger partial charge in [-0.3, -0.25) is 9.59 Å². The number of fused-ring (bicyclic) bond motifs is 4. The normalized spacial score (nSPS) is 46.7. The molecule has 1 aliphatic heterocycles. The van der Waals surface area contributed by atoms with Crippen molar-refractivity contribution >= 4 is 18.2 Å². The van der Waals surface area contributed by atoms with Crippen molar-refractivity contribution in [3.05, 3.63) is 23.8 Å². The summed E-state index contributed by atoms with van der Waals surface area (Å²) in [6, 6.07) is 0. The summed E-state index contributed by atoms with van der Waals surface area (Å²) in [5, 5.41) is 9.54. The van der Waals surface area contributed by atoms with Crippen molar-refractivity contribution in [1.82, 2.24) is 0 Å². The van der Waals surface area contributed by atoms with Crippen LogP contribution in [0.15, 0.2) is 23.8 Å². The quantitative estimate of drug-likeness (QED) is 0.256. The molecule has 0 amide bonds. The predicted molar refractivity (Wildman–Crippen MR) is 133 cm³/mol. The van der Waals surface area contributed by atoms with Gasteiger partial charge in [-0.1, -0.05) is 33.4 Å². The highest BCUT2D eigenvalue weighted by molar-refractivity contribution is 5.91. The number of aliphatic carboxylic acids is 1. The van der Waals surface area contributed by atoms with Crippen LogP contribution in [0.2, 0.25) is 0 Å². The van der Waals surface area contributed by atoms with Gasteiger partial charge in [-0.25, -0.2) is 4.79 Å². The van der Waals surface area contributed by atoms with Crippen LogP contribution in [0.1, 0.15) is 91.9 Å². The maximum Gasteiger partial charge on any atom is 0.334 e. The minimum Gasteiger partial charge on any atom is -0.481 e. The van der Waals surface area contributed by atoms with Crippen LogP contribution < -0.4 is 0 Å². The lowest BCUT2D eigenvalue weighted by Gasteiger charge is -2.61. The zero-order valence-corrected chi connectivity index (χ0v) is 21.9. The Morgan fingerprint density at radius 1 is 1.26 bits per heavy atom. The minimum atomic E-state index is -0.753. The van der Waals surface area contributed by atoms with Crippen LogP contribution >= 0.6 is 0 Å². The molecular weight excluding hydrogens is 440 g/mol. The third kappa shape index (κ3) is 3.21. The number of ether oxygens (including phenoxy) is 1. The summed E-state index contributed by atoms with van der Waals surface area (Å²) in [5.74, 6) is 0.652. The van der Waals surface area contributed by atoms with E-state index in [9.17, 15) is 19.5 Å². The number of aldehydes is 1. The van der Waals surface area contributed by atoms with Crippen LogP contribution in [-0.2, 0) is 19.1 Å². The highest BCUT2D eigenvalue weighted by Gasteiger charge is 2.83. The predicted octanol–water partition coefficient (Wildman–Crippen LogP) is 6.12. The lowest BCUT2D eigenvalue weighted by molar-refractivity contribution is -0.158. The summed E-state index contributed by atoms with van der Waals surface area (Å²) in [4.78, 5) is 35.2. The lowest BCUT2D eigenvalue weighted by atomic mass is 9.43. The van der Waals surface area contributed by atoms with Gasteiger partial charge in [0.15, 0.2) is 0 Å². The Bertz CT molecular complexity index is 997. The van der Waals surface area contributed by atoms with Gasteiger partial charge in [0.05, 0.1) is 0 Å². The Labute approximate surface area is 209 Å². The van der Waals surface area contributed by atoms with Crippen molar-refractivity contribution in [2.24, 2.45) is 45.3 Å². The van der Waals surface area contributed by atoms with Crippen LogP contribution in [-0.4, -0.2) is 29.4 Å². The third-order valence-corrected chi connectivity index (χ3v) is 12.2. The third-order valence-electron chi connectivity index (χ3n) is 12.2. The van der Waals surface area contributed by atoms with E-state index in [0.717, 1.165) is 44.0 Å². The van der Waals surface area contributed by atoms with E-state index in [2.05, 4.69) is 33.4 Å². The molecule has 0 radical (unpaired) electrons. The molecule has 0 aromatic rings. The zero-order valence-electron chi connectivity index (χ0n) is 21.9. The molecule has 4 aliphatic carbocycles. The molecular formula is C30H42O5. The average Bonchev–Trinajstić information content (AvgIpc) is 3.27. The molecule has 35 heavy (non-hydrogen) atoms. The molecule has 5 heteroatoms. The van der Waals surface area contributed by atoms with Gasteiger partial charge in [0, 0.05) is 17.9 Å². The second-order valence-electron chi connectivity index (χ2n) is 13.2. The fraction of sp³-hybridized carbons (Fsp3) is 0.767. The maximum atomic E-state index is 12.6. The van der Waals surface area contributed by atoms with Gasteiger partial charge in [0.2, 0.25) is 0 Å². The number of esters is 1. The molecule has 1 spiro atoms. The van der Waals surface area contributed by atoms with Gasteiger partial charge in [-0.05, 0) is 110 Å². The second kappa shape index (κ2) is 8.05. The minimum absolute atomic E-state index is 0.0116. The van der Waals surface area contributed by atoms with Crippen molar-refractivity contribution in [2.75, 3.05) is 0 Å². The number of carbonyl (C=O) groups is 3. The standard InChI is InChI=1S/C30H42O5/c1-18(16-31)7-6-8-19(2)21-9-11-28(5)23-15-22-25(20(3)26(34)35-22)30(12-10-24(32)33)17-29(23,30)14-13-27(21,28)4/h7,16,19,21-23,25H,3,6,8-15,17H2,1-2,4-5H3,(H,32,33)/b18-7+/t19-,21-,22-,23+,25-,27-,28+,29+,30-/m0/s1. The van der Waals surface area contributed by atoms with Gasteiger partial charge in [-0.2, -0.15) is 0 Å². The summed E-state index contributed by atoms with van der Waals surface area (Å²) in [6.07, 6.45) is 12.3. The molecule has 5 aliphatic rings. The molecule has 192 valence electrons. The van der Waals surface area contributed by atoms with Gasteiger partial charge in [0.1, 0.15) is 12.4 Å². The summed E-state index contributed by atoms with van der Waals surface area (Å²) in [5.41, 5.74) is 1.76. The summed E-state index contributed by atoms with van der Waals surface area (Å²) < 4.78 is 5.92. The molecule has 0 unspecified atom stereocenters. The molecule has 0 bridgehead atoms. The average molecular weight is 483 g/mol. The van der Waals surface area contributed by atoms with Gasteiger partial charge < -0.3 is 9.84 Å². The Morgan fingerprint density at radius 3 is 2.69 bits per heavy atom. The molecule has 5 nitrogen and oxygen atoms in total. The SMILES string of the molecule is C=C1C(=O)O[C@H]2C[C@H]3[C@@]4(CC[C@@]5(C)[C@H]([C@@H](C)CC/C=C(\C)C=O)CC[C@]35C)C[C@@]4(CCC(=O)O)[C@@H]12. The van der Waals surface area contributed by atoms with Crippen LogP contribution in [0.5, 0.6) is 0 Å². The first-order valence-electron chi connectivity index (χ1n) is 13.7. The van der Waals surface area contributed by atoms with Crippen molar-refractivity contribution in [1.29, 1.82) is 0 Å². The van der Waals surface area contributed by atoms with Gasteiger partial charge >= 0.3 is 11.9 Å². The molecule has 0 aromatic carbocycles. The Balaban J connectivity index is 1.44. The molecule has 5 fully saturated rings. The summed E-state index contributed by atoms with van der Waals surface area (Å²) in [6.45, 7) is 13.4. The number of carbonyl (C=O) groups excluding carboxylic acids is 2. The van der Waals surface area contributed by atoms with Crippen LogP contribution in [0.3, 0.4) is 0 Å². The van der Waals surface area contributed by atoms with E-state index in [-0.39, 0.29) is 46.1 Å². The van der Waals surface area contributed by atoms with Crippen LogP contribution in [0.25, 0.3) is 0 Å². The Kier molecular flexibility index (Phi) is 5.69. The molecule has 1 heterocycles. The number of allylic oxidation sites excluding steroid dienone is 2. The van der Waals surface area contributed by atoms with Crippen molar-refractivity contribution in [3.8, 4) is 0 Å². The topological polar surface area (TPSA) is 80.7 Å². The number of hydrogen-bond donors (Lipinski definition) is 1. The second-order valence-corrected chi connectivity index (χ2v) is 13.2. The van der Waals surface area contributed by atoms with E-state index in [1.165, 1.54) is 19.3 Å². The highest BCUT2D eigenvalue weighted by atomic mass is 16.6. The number of rotatable bonds is 8. The number of carboxylic acids is 1. The molecule has 1 saturated heterocycles. The smallest absolute Gasteiger partial charge is 0.334 e. The molecule has 4 saturated carbocycles.